The smallest absolute Gasteiger partial charge is 0.137 e. The molecule has 0 radical (unpaired) electrons. The van der Waals surface area contributed by atoms with Crippen molar-refractivity contribution in [2.24, 2.45) is 5.92 Å². The fourth-order valence-electron chi connectivity index (χ4n) is 2.34. The minimum Gasteiger partial charge on any atom is -0.490 e. The number of ether oxygens (including phenoxy) is 1. The Bertz CT molecular complexity index is 333. The highest BCUT2D eigenvalue weighted by Gasteiger charge is 2.57. The van der Waals surface area contributed by atoms with Crippen LogP contribution in [0.2, 0.25) is 0 Å². The van der Waals surface area contributed by atoms with Crippen molar-refractivity contribution in [3.63, 3.8) is 0 Å². The van der Waals surface area contributed by atoms with Crippen molar-refractivity contribution < 1.29 is 4.74 Å². The Morgan fingerprint density at radius 3 is 3.13 bits per heavy atom. The summed E-state index contributed by atoms with van der Waals surface area (Å²) in [5, 5.41) is 3.53. The largest absolute Gasteiger partial charge is 0.490 e. The van der Waals surface area contributed by atoms with E-state index in [1.807, 2.05) is 12.1 Å². The Hall–Kier alpha value is -0.800. The van der Waals surface area contributed by atoms with Crippen LogP contribution in [0, 0.1) is 5.92 Å². The molecule has 1 saturated heterocycles. The lowest BCUT2D eigenvalue weighted by atomic mass is 10.2. The van der Waals surface area contributed by atoms with Crippen molar-refractivity contribution >= 4 is 12.4 Å². The molecule has 4 heteroatoms. The lowest BCUT2D eigenvalue weighted by molar-refractivity contribution is 0.257. The van der Waals surface area contributed by atoms with Crippen LogP contribution in [0.15, 0.2) is 24.5 Å². The van der Waals surface area contributed by atoms with Crippen LogP contribution in [0.1, 0.15) is 12.8 Å². The summed E-state index contributed by atoms with van der Waals surface area (Å²) in [6, 6.07) is 3.86. The second-order valence-corrected chi connectivity index (χ2v) is 4.25. The van der Waals surface area contributed by atoms with E-state index in [4.69, 9.17) is 4.74 Å². The molecule has 0 spiro atoms. The number of nitrogens with one attached hydrogen (secondary N) is 1. The molecule has 1 aliphatic carbocycles. The zero-order chi connectivity index (χ0) is 9.43. The zero-order valence-electron chi connectivity index (χ0n) is 8.48. The van der Waals surface area contributed by atoms with E-state index in [-0.39, 0.29) is 12.4 Å². The average Bonchev–Trinajstić information content (AvgIpc) is 2.80. The number of hydrogen-bond donors (Lipinski definition) is 1. The van der Waals surface area contributed by atoms with E-state index in [2.05, 4.69) is 10.3 Å². The molecule has 0 bridgehead atoms. The van der Waals surface area contributed by atoms with Gasteiger partial charge in [0, 0.05) is 6.20 Å². The van der Waals surface area contributed by atoms with Gasteiger partial charge in [-0.25, -0.2) is 0 Å². The Morgan fingerprint density at radius 2 is 2.53 bits per heavy atom. The molecular weight excluding hydrogens is 212 g/mol. The highest BCUT2D eigenvalue weighted by Crippen LogP contribution is 2.49. The minimum atomic E-state index is 0. The third-order valence-electron chi connectivity index (χ3n) is 3.33. The van der Waals surface area contributed by atoms with Gasteiger partial charge >= 0.3 is 0 Å². The number of pyridine rings is 1. The van der Waals surface area contributed by atoms with E-state index < -0.39 is 0 Å². The number of piperidine rings is 1. The molecule has 3 rings (SSSR count). The fourth-order valence-corrected chi connectivity index (χ4v) is 2.34. The number of fused-ring (bicyclic) bond motifs is 1. The molecule has 0 unspecified atom stereocenters. The first-order valence-electron chi connectivity index (χ1n) is 5.17. The fraction of sp³-hybridized carbons (Fsp3) is 0.545. The van der Waals surface area contributed by atoms with Gasteiger partial charge in [-0.05, 0) is 37.4 Å². The first kappa shape index (κ1) is 10.7. The van der Waals surface area contributed by atoms with Crippen molar-refractivity contribution in [2.75, 3.05) is 13.2 Å². The van der Waals surface area contributed by atoms with E-state index in [0.29, 0.717) is 5.54 Å². The van der Waals surface area contributed by atoms with Gasteiger partial charge in [0.2, 0.25) is 0 Å². The summed E-state index contributed by atoms with van der Waals surface area (Å²) in [5.74, 6) is 1.74. The van der Waals surface area contributed by atoms with E-state index in [0.717, 1.165) is 24.8 Å². The van der Waals surface area contributed by atoms with Crippen molar-refractivity contribution in [3.8, 4) is 5.75 Å². The average molecular weight is 227 g/mol. The normalized spacial score (nSPS) is 31.6. The first-order chi connectivity index (χ1) is 6.89. The van der Waals surface area contributed by atoms with Gasteiger partial charge in [0.15, 0.2) is 0 Å². The van der Waals surface area contributed by atoms with Crippen LogP contribution in [0.4, 0.5) is 0 Å². The molecule has 1 saturated carbocycles. The van der Waals surface area contributed by atoms with Gasteiger partial charge in [0.05, 0.1) is 11.7 Å². The summed E-state index contributed by atoms with van der Waals surface area (Å²) < 4.78 is 5.71. The molecule has 1 aliphatic heterocycles. The number of rotatable bonds is 3. The molecule has 2 heterocycles. The van der Waals surface area contributed by atoms with E-state index in [1.54, 1.807) is 12.4 Å². The van der Waals surface area contributed by atoms with Crippen molar-refractivity contribution in [2.45, 2.75) is 18.4 Å². The summed E-state index contributed by atoms with van der Waals surface area (Å²) >= 11 is 0. The Balaban J connectivity index is 0.000000853. The number of hydrogen-bond acceptors (Lipinski definition) is 3. The number of aromatic nitrogens is 1. The molecule has 3 nitrogen and oxygen atoms in total. The maximum Gasteiger partial charge on any atom is 0.137 e. The molecule has 1 aromatic rings. The summed E-state index contributed by atoms with van der Waals surface area (Å²) in [7, 11) is 0. The maximum absolute atomic E-state index is 5.71. The van der Waals surface area contributed by atoms with Crippen LogP contribution in [0.25, 0.3) is 0 Å². The molecule has 0 aromatic carbocycles. The van der Waals surface area contributed by atoms with E-state index in [9.17, 15) is 0 Å². The molecule has 2 atom stereocenters. The highest BCUT2D eigenvalue weighted by atomic mass is 35.5. The van der Waals surface area contributed by atoms with Gasteiger partial charge in [0.1, 0.15) is 12.4 Å². The Morgan fingerprint density at radius 1 is 1.60 bits per heavy atom. The van der Waals surface area contributed by atoms with Crippen molar-refractivity contribution in [1.29, 1.82) is 0 Å². The summed E-state index contributed by atoms with van der Waals surface area (Å²) in [6.45, 7) is 1.95. The maximum atomic E-state index is 5.71. The van der Waals surface area contributed by atoms with Gasteiger partial charge in [-0.2, -0.15) is 0 Å². The predicted molar refractivity (Wildman–Crippen MR) is 60.4 cm³/mol. The predicted octanol–water partition coefficient (Wildman–Crippen LogP) is 1.63. The van der Waals surface area contributed by atoms with Crippen LogP contribution in [0.3, 0.4) is 0 Å². The topological polar surface area (TPSA) is 34.1 Å². The lowest BCUT2D eigenvalue weighted by Crippen LogP contribution is -2.34. The SMILES string of the molecule is Cl.c1cncc(OC[C@]23C[C@H]2CCN3)c1. The molecule has 1 N–H and O–H groups in total. The van der Waals surface area contributed by atoms with E-state index in [1.165, 1.54) is 12.8 Å². The van der Waals surface area contributed by atoms with E-state index >= 15 is 0 Å². The molecule has 1 aromatic heterocycles. The van der Waals surface area contributed by atoms with Crippen molar-refractivity contribution in [3.05, 3.63) is 24.5 Å². The van der Waals surface area contributed by atoms with Crippen LogP contribution in [-0.4, -0.2) is 23.7 Å². The number of nitrogens with zero attached hydrogens (tertiary/aromatic N) is 1. The molecule has 2 fully saturated rings. The summed E-state index contributed by atoms with van der Waals surface area (Å²) in [4.78, 5) is 4.02. The Labute approximate surface area is 95.6 Å². The Kier molecular flexibility index (Phi) is 2.85. The molecule has 82 valence electrons. The van der Waals surface area contributed by atoms with Gasteiger partial charge in [0.25, 0.3) is 0 Å². The van der Waals surface area contributed by atoms with Crippen LogP contribution >= 0.6 is 12.4 Å². The highest BCUT2D eigenvalue weighted by molar-refractivity contribution is 5.85. The molecule has 0 amide bonds. The third kappa shape index (κ3) is 1.94. The third-order valence-corrected chi connectivity index (χ3v) is 3.33. The second kappa shape index (κ2) is 3.99. The van der Waals surface area contributed by atoms with Crippen LogP contribution < -0.4 is 10.1 Å². The van der Waals surface area contributed by atoms with Crippen molar-refractivity contribution in [1.82, 2.24) is 10.3 Å². The monoisotopic (exact) mass is 226 g/mol. The minimum absolute atomic E-state index is 0. The quantitative estimate of drug-likeness (QED) is 0.851. The van der Waals surface area contributed by atoms with Gasteiger partial charge in [-0.1, -0.05) is 0 Å². The first-order valence-corrected chi connectivity index (χ1v) is 5.17. The molecule has 15 heavy (non-hydrogen) atoms. The molecular formula is C11H15ClN2O. The second-order valence-electron chi connectivity index (χ2n) is 4.25. The zero-order valence-corrected chi connectivity index (χ0v) is 9.30. The standard InChI is InChI=1S/C11H14N2O.ClH/c1-2-10(7-12-4-1)14-8-11-6-9(11)3-5-13-11;/h1-2,4,7,9,13H,3,5-6,8H2;1H/t9-,11-;/m1./s1. The molecule has 2 aliphatic rings. The van der Waals surface area contributed by atoms with Gasteiger partial charge in [-0.3, -0.25) is 4.98 Å². The summed E-state index contributed by atoms with van der Waals surface area (Å²) in [6.07, 6.45) is 6.13. The van der Waals surface area contributed by atoms with Crippen LogP contribution in [0.5, 0.6) is 5.75 Å². The van der Waals surface area contributed by atoms with Crippen LogP contribution in [-0.2, 0) is 0 Å². The van der Waals surface area contributed by atoms with Gasteiger partial charge in [-0.15, -0.1) is 12.4 Å². The number of halogens is 1. The van der Waals surface area contributed by atoms with Gasteiger partial charge < -0.3 is 10.1 Å². The lowest BCUT2D eigenvalue weighted by Gasteiger charge is -2.14. The summed E-state index contributed by atoms with van der Waals surface area (Å²) in [5.41, 5.74) is 0.315.